The number of halogens is 1. The summed E-state index contributed by atoms with van der Waals surface area (Å²) < 4.78 is 6.68. The van der Waals surface area contributed by atoms with Gasteiger partial charge in [-0.25, -0.2) is 9.78 Å². The van der Waals surface area contributed by atoms with E-state index in [1.165, 1.54) is 0 Å². The lowest BCUT2D eigenvalue weighted by Gasteiger charge is -2.11. The molecular weight excluding hydrogens is 416 g/mol. The molecule has 6 nitrogen and oxygen atoms in total. The Morgan fingerprint density at radius 2 is 1.71 bits per heavy atom. The van der Waals surface area contributed by atoms with E-state index in [9.17, 15) is 9.59 Å². The van der Waals surface area contributed by atoms with Crippen LogP contribution < -0.4 is 10.3 Å². The van der Waals surface area contributed by atoms with E-state index >= 15 is 0 Å². The number of nitrogens with zero attached hydrogens (tertiary/aromatic N) is 2. The highest BCUT2D eigenvalue weighted by molar-refractivity contribution is 6.30. The van der Waals surface area contributed by atoms with Gasteiger partial charge in [0.2, 0.25) is 0 Å². The molecule has 0 atom stereocenters. The molecule has 31 heavy (non-hydrogen) atoms. The van der Waals surface area contributed by atoms with Crippen molar-refractivity contribution >= 4 is 40.6 Å². The van der Waals surface area contributed by atoms with Crippen molar-refractivity contribution in [3.8, 4) is 11.4 Å². The second-order valence-corrected chi connectivity index (χ2v) is 7.13. The van der Waals surface area contributed by atoms with E-state index in [-0.39, 0.29) is 5.56 Å². The van der Waals surface area contributed by atoms with Gasteiger partial charge in [0, 0.05) is 5.02 Å². The molecule has 0 amide bonds. The second-order valence-electron chi connectivity index (χ2n) is 6.69. The minimum atomic E-state index is -1.04. The normalized spacial score (nSPS) is 11.1. The van der Waals surface area contributed by atoms with Gasteiger partial charge in [-0.05, 0) is 60.2 Å². The molecule has 0 spiro atoms. The van der Waals surface area contributed by atoms with Gasteiger partial charge in [0.15, 0.2) is 6.61 Å². The van der Waals surface area contributed by atoms with Crippen LogP contribution in [0.5, 0.6) is 5.75 Å². The third-order valence-corrected chi connectivity index (χ3v) is 4.81. The van der Waals surface area contributed by atoms with Crippen molar-refractivity contribution < 1.29 is 14.6 Å². The molecule has 0 bridgehead atoms. The summed E-state index contributed by atoms with van der Waals surface area (Å²) in [6.07, 6.45) is 3.58. The average Bonchev–Trinajstić information content (AvgIpc) is 2.78. The van der Waals surface area contributed by atoms with Gasteiger partial charge in [-0.1, -0.05) is 41.9 Å². The summed E-state index contributed by atoms with van der Waals surface area (Å²) in [5.74, 6) is -0.106. The lowest BCUT2D eigenvalue weighted by molar-refractivity contribution is -0.139. The smallest absolute Gasteiger partial charge is 0.341 e. The molecule has 0 aliphatic rings. The van der Waals surface area contributed by atoms with Crippen molar-refractivity contribution in [1.82, 2.24) is 9.55 Å². The molecule has 0 unspecified atom stereocenters. The summed E-state index contributed by atoms with van der Waals surface area (Å²) in [6.45, 7) is -0.399. The third-order valence-electron chi connectivity index (χ3n) is 4.55. The minimum absolute atomic E-state index is 0.176. The van der Waals surface area contributed by atoms with Crippen molar-refractivity contribution in [1.29, 1.82) is 0 Å². The van der Waals surface area contributed by atoms with Crippen molar-refractivity contribution in [3.05, 3.63) is 99.6 Å². The van der Waals surface area contributed by atoms with E-state index in [1.54, 1.807) is 77.4 Å². The number of benzene rings is 3. The van der Waals surface area contributed by atoms with E-state index in [4.69, 9.17) is 21.4 Å². The average molecular weight is 433 g/mol. The number of para-hydroxylation sites is 1. The summed E-state index contributed by atoms with van der Waals surface area (Å²) in [4.78, 5) is 28.5. The quantitative estimate of drug-likeness (QED) is 0.478. The summed E-state index contributed by atoms with van der Waals surface area (Å²) in [5, 5.41) is 9.79. The van der Waals surface area contributed by atoms with Crippen LogP contribution in [0.25, 0.3) is 28.7 Å². The zero-order chi connectivity index (χ0) is 21.8. The fourth-order valence-corrected chi connectivity index (χ4v) is 3.22. The molecule has 7 heteroatoms. The topological polar surface area (TPSA) is 81.4 Å². The Kier molecular flexibility index (Phi) is 5.82. The second kappa shape index (κ2) is 8.85. The third kappa shape index (κ3) is 4.65. The molecule has 4 rings (SSSR count). The summed E-state index contributed by atoms with van der Waals surface area (Å²) in [7, 11) is 0. The molecule has 0 aliphatic heterocycles. The van der Waals surface area contributed by atoms with Crippen molar-refractivity contribution in [2.45, 2.75) is 0 Å². The van der Waals surface area contributed by atoms with E-state index in [0.717, 1.165) is 5.56 Å². The summed E-state index contributed by atoms with van der Waals surface area (Å²) in [5.41, 5.74) is 1.93. The van der Waals surface area contributed by atoms with Crippen LogP contribution in [0.1, 0.15) is 11.4 Å². The molecule has 1 aromatic heterocycles. The standard InChI is InChI=1S/C24H17ClN2O4/c25-17-8-10-18(11-9-17)27-22(26-21-4-2-1-3-20(21)24(27)30)14-7-16-5-12-19(13-6-16)31-15-23(28)29/h1-14H,15H2,(H,28,29)/b14-7+. The van der Waals surface area contributed by atoms with E-state index in [1.807, 2.05) is 12.1 Å². The Balaban J connectivity index is 1.74. The van der Waals surface area contributed by atoms with Crippen LogP contribution in [0.4, 0.5) is 0 Å². The van der Waals surface area contributed by atoms with Gasteiger partial charge in [0.25, 0.3) is 5.56 Å². The van der Waals surface area contributed by atoms with Gasteiger partial charge in [-0.15, -0.1) is 0 Å². The number of carbonyl (C=O) groups is 1. The maximum absolute atomic E-state index is 13.2. The number of hydrogen-bond donors (Lipinski definition) is 1. The minimum Gasteiger partial charge on any atom is -0.482 e. The molecule has 1 N–H and O–H groups in total. The van der Waals surface area contributed by atoms with Crippen LogP contribution in [-0.4, -0.2) is 27.2 Å². The van der Waals surface area contributed by atoms with Crippen LogP contribution >= 0.6 is 11.6 Å². The van der Waals surface area contributed by atoms with Crippen molar-refractivity contribution in [3.63, 3.8) is 0 Å². The summed E-state index contributed by atoms with van der Waals surface area (Å²) in [6, 6.07) is 21.1. The molecule has 154 valence electrons. The van der Waals surface area contributed by atoms with Gasteiger partial charge in [-0.2, -0.15) is 0 Å². The van der Waals surface area contributed by atoms with Crippen LogP contribution in [0.2, 0.25) is 5.02 Å². The Hall–Kier alpha value is -3.90. The first-order chi connectivity index (χ1) is 15.0. The van der Waals surface area contributed by atoms with Crippen LogP contribution in [0, 0.1) is 0 Å². The first kappa shape index (κ1) is 20.4. The first-order valence-electron chi connectivity index (χ1n) is 9.42. The molecule has 0 fully saturated rings. The largest absolute Gasteiger partial charge is 0.482 e. The van der Waals surface area contributed by atoms with Crippen LogP contribution in [0.15, 0.2) is 77.6 Å². The highest BCUT2D eigenvalue weighted by atomic mass is 35.5. The molecule has 0 saturated carbocycles. The zero-order valence-electron chi connectivity index (χ0n) is 16.2. The molecule has 0 saturated heterocycles. The highest BCUT2D eigenvalue weighted by Gasteiger charge is 2.11. The lowest BCUT2D eigenvalue weighted by Crippen LogP contribution is -2.22. The molecule has 0 aliphatic carbocycles. The van der Waals surface area contributed by atoms with Gasteiger partial charge in [-0.3, -0.25) is 9.36 Å². The van der Waals surface area contributed by atoms with Gasteiger partial charge in [0.05, 0.1) is 16.6 Å². The number of carboxylic acids is 1. The van der Waals surface area contributed by atoms with Crippen molar-refractivity contribution in [2.24, 2.45) is 0 Å². The van der Waals surface area contributed by atoms with Crippen LogP contribution in [-0.2, 0) is 4.79 Å². The molecule has 1 heterocycles. The Morgan fingerprint density at radius 3 is 2.42 bits per heavy atom. The number of carboxylic acid groups (broad SMARTS) is 1. The first-order valence-corrected chi connectivity index (χ1v) is 9.79. The summed E-state index contributed by atoms with van der Waals surface area (Å²) >= 11 is 6.01. The fraction of sp³-hybridized carbons (Fsp3) is 0.0417. The van der Waals surface area contributed by atoms with E-state index in [2.05, 4.69) is 4.98 Å². The SMILES string of the molecule is O=C(O)COc1ccc(/C=C/c2nc3ccccc3c(=O)n2-c2ccc(Cl)cc2)cc1. The maximum Gasteiger partial charge on any atom is 0.341 e. The molecule has 0 radical (unpaired) electrons. The molecule has 3 aromatic carbocycles. The number of hydrogen-bond acceptors (Lipinski definition) is 4. The zero-order valence-corrected chi connectivity index (χ0v) is 17.0. The Bertz CT molecular complexity index is 1330. The number of rotatable bonds is 6. The van der Waals surface area contributed by atoms with Crippen LogP contribution in [0.3, 0.4) is 0 Å². The highest BCUT2D eigenvalue weighted by Crippen LogP contribution is 2.18. The van der Waals surface area contributed by atoms with E-state index < -0.39 is 12.6 Å². The molecular formula is C24H17ClN2O4. The van der Waals surface area contributed by atoms with Gasteiger partial charge < -0.3 is 9.84 Å². The van der Waals surface area contributed by atoms with Gasteiger partial charge >= 0.3 is 5.97 Å². The Labute approximate surface area is 182 Å². The number of aliphatic carboxylic acids is 1. The molecule has 4 aromatic rings. The predicted molar refractivity (Wildman–Crippen MR) is 121 cm³/mol. The number of ether oxygens (including phenoxy) is 1. The van der Waals surface area contributed by atoms with E-state index in [0.29, 0.717) is 33.2 Å². The Morgan fingerprint density at radius 1 is 1.00 bits per heavy atom. The van der Waals surface area contributed by atoms with Crippen molar-refractivity contribution in [2.75, 3.05) is 6.61 Å². The maximum atomic E-state index is 13.2. The lowest BCUT2D eigenvalue weighted by atomic mass is 10.2. The fourth-order valence-electron chi connectivity index (χ4n) is 3.09. The number of fused-ring (bicyclic) bond motifs is 1. The number of aromatic nitrogens is 2. The predicted octanol–water partition coefficient (Wildman–Crippen LogP) is 4.67. The monoisotopic (exact) mass is 432 g/mol. The van der Waals surface area contributed by atoms with Gasteiger partial charge in [0.1, 0.15) is 11.6 Å².